The number of hydrogen-bond acceptors (Lipinski definition) is 8. The predicted octanol–water partition coefficient (Wildman–Crippen LogP) is 10.2. The predicted molar refractivity (Wildman–Crippen MR) is 206 cm³/mol. The third-order valence-corrected chi connectivity index (χ3v) is 10.8. The molecule has 5 rings (SSSR count). The zero-order chi connectivity index (χ0) is 35.6. The first kappa shape index (κ1) is 36.9. The van der Waals surface area contributed by atoms with Crippen LogP contribution in [0.4, 0.5) is 10.1 Å². The molecule has 50 heavy (non-hydrogen) atoms. The molecule has 0 amide bonds. The third-order valence-electron chi connectivity index (χ3n) is 9.77. The summed E-state index contributed by atoms with van der Waals surface area (Å²) in [7, 11) is 0. The summed E-state index contributed by atoms with van der Waals surface area (Å²) < 4.78 is 1.25. The summed E-state index contributed by atoms with van der Waals surface area (Å²) in [6, 6.07) is 20.5. The fraction of sp³-hybridized carbons (Fsp3) is 0.463. The molecular weight excluding hydrogens is 639 g/mol. The number of carbonyl (C=O) groups excluding carboxylic acids is 1. The highest BCUT2D eigenvalue weighted by atomic mass is 32.1. The van der Waals surface area contributed by atoms with Crippen molar-refractivity contribution in [2.24, 2.45) is 16.8 Å². The van der Waals surface area contributed by atoms with Crippen molar-refractivity contribution in [3.63, 3.8) is 0 Å². The van der Waals surface area contributed by atoms with E-state index in [0.29, 0.717) is 41.2 Å². The van der Waals surface area contributed by atoms with Crippen LogP contribution in [-0.2, 0) is 6.42 Å². The van der Waals surface area contributed by atoms with E-state index in [-0.39, 0.29) is 5.57 Å². The molecular formula is C41H51N7OS. The summed E-state index contributed by atoms with van der Waals surface area (Å²) in [4.78, 5) is 31.4. The maximum absolute atomic E-state index is 13.5. The van der Waals surface area contributed by atoms with Gasteiger partial charge in [0.15, 0.2) is 16.8 Å². The van der Waals surface area contributed by atoms with Crippen LogP contribution >= 0.6 is 11.3 Å². The molecule has 0 radical (unpaired) electrons. The molecule has 1 aliphatic heterocycles. The highest BCUT2D eigenvalue weighted by molar-refractivity contribution is 7.19. The smallest absolute Gasteiger partial charge is 0.291 e. The van der Waals surface area contributed by atoms with E-state index in [1.807, 2.05) is 30.3 Å². The minimum atomic E-state index is -0.476. The lowest BCUT2D eigenvalue weighted by atomic mass is 9.96. The van der Waals surface area contributed by atoms with Crippen LogP contribution in [0.1, 0.15) is 114 Å². The standard InChI is InChI=1S/C41H51N7OS/c1-7-11-16-30(9-3)26-47(27-31(10-4)17-12-8-2)41-45-37(33-22-20-28(5)21-23-33)39(50-41)44-36-29(6)34(25-42)40(49)48-38(36)43-35(46-48)24-32-18-14-13-15-19-32/h13-15,18-23,30-31H,7-12,16-17,24,26-27H2,1-6H3. The highest BCUT2D eigenvalue weighted by Crippen LogP contribution is 2.42. The number of aryl methyl sites for hydroxylation is 1. The Hall–Kier alpha value is -4.42. The Labute approximate surface area is 302 Å². The molecule has 0 spiro atoms. The van der Waals surface area contributed by atoms with Gasteiger partial charge in [0.05, 0.1) is 0 Å². The maximum Gasteiger partial charge on any atom is 0.291 e. The molecule has 2 atom stereocenters. The molecule has 262 valence electrons. The van der Waals surface area contributed by atoms with Crippen molar-refractivity contribution < 1.29 is 4.79 Å². The van der Waals surface area contributed by atoms with Gasteiger partial charge in [0.1, 0.15) is 28.0 Å². The molecule has 2 aromatic carbocycles. The molecule has 4 aromatic rings. The van der Waals surface area contributed by atoms with Gasteiger partial charge in [0, 0.05) is 30.6 Å². The fourth-order valence-electron chi connectivity index (χ4n) is 6.52. The summed E-state index contributed by atoms with van der Waals surface area (Å²) in [6.45, 7) is 14.9. The van der Waals surface area contributed by atoms with E-state index in [2.05, 4.69) is 75.0 Å². The van der Waals surface area contributed by atoms with E-state index in [9.17, 15) is 10.1 Å². The number of rotatable bonds is 17. The molecule has 8 nitrogen and oxygen atoms in total. The number of unbranched alkanes of at least 4 members (excludes halogenated alkanes) is 2. The number of carbonyl (C=O) groups is 1. The van der Waals surface area contributed by atoms with Gasteiger partial charge in [-0.25, -0.2) is 15.0 Å². The monoisotopic (exact) mass is 689 g/mol. The number of fused-ring (bicyclic) bond motifs is 1. The number of anilines is 1. The number of aliphatic imine (C=N–C) groups is 1. The van der Waals surface area contributed by atoms with Crippen molar-refractivity contribution in [2.45, 2.75) is 99.3 Å². The Balaban J connectivity index is 1.64. The van der Waals surface area contributed by atoms with Gasteiger partial charge in [-0.3, -0.25) is 4.79 Å². The first-order valence-electron chi connectivity index (χ1n) is 18.4. The molecule has 0 fully saturated rings. The number of benzene rings is 2. The Bertz CT molecular complexity index is 1830. The van der Waals surface area contributed by atoms with Gasteiger partial charge in [-0.15, -0.1) is 5.10 Å². The lowest BCUT2D eigenvalue weighted by molar-refractivity contribution is 0.0941. The number of hydrogen-bond donors (Lipinski definition) is 0. The van der Waals surface area contributed by atoms with E-state index in [0.717, 1.165) is 52.9 Å². The molecule has 0 bridgehead atoms. The summed E-state index contributed by atoms with van der Waals surface area (Å²) in [6.07, 6.45) is 9.97. The SMILES string of the molecule is CCCCC(CC)CN(CC(CC)CCCC)c1nc(-c2ccc(C)cc2)c(N=C2C(C)=C(C#N)C(=O)n3nc(Cc4ccccc4)nc32)s1. The van der Waals surface area contributed by atoms with Gasteiger partial charge in [-0.2, -0.15) is 9.94 Å². The highest BCUT2D eigenvalue weighted by Gasteiger charge is 2.33. The van der Waals surface area contributed by atoms with Crippen molar-refractivity contribution in [1.82, 2.24) is 19.7 Å². The molecule has 2 aromatic heterocycles. The molecule has 2 unspecified atom stereocenters. The first-order valence-corrected chi connectivity index (χ1v) is 19.2. The van der Waals surface area contributed by atoms with E-state index < -0.39 is 5.91 Å². The Kier molecular flexibility index (Phi) is 12.9. The minimum absolute atomic E-state index is 0.0269. The molecule has 0 saturated heterocycles. The normalized spacial score (nSPS) is 14.9. The largest absolute Gasteiger partial charge is 0.347 e. The maximum atomic E-state index is 13.5. The molecule has 1 aliphatic rings. The van der Waals surface area contributed by atoms with Crippen molar-refractivity contribution >= 4 is 33.1 Å². The Morgan fingerprint density at radius 1 is 0.900 bits per heavy atom. The third kappa shape index (κ3) is 8.65. The zero-order valence-electron chi connectivity index (χ0n) is 30.6. The fourth-order valence-corrected chi connectivity index (χ4v) is 7.51. The minimum Gasteiger partial charge on any atom is -0.347 e. The van der Waals surface area contributed by atoms with Crippen LogP contribution in [0.2, 0.25) is 0 Å². The second kappa shape index (κ2) is 17.5. The second-order valence-electron chi connectivity index (χ2n) is 13.6. The average molecular weight is 690 g/mol. The van der Waals surface area contributed by atoms with Gasteiger partial charge in [0.2, 0.25) is 0 Å². The van der Waals surface area contributed by atoms with Crippen LogP contribution in [0.3, 0.4) is 0 Å². The first-order chi connectivity index (χ1) is 24.3. The summed E-state index contributed by atoms with van der Waals surface area (Å²) in [5, 5.41) is 16.4. The van der Waals surface area contributed by atoms with Crippen molar-refractivity contribution in [2.75, 3.05) is 18.0 Å². The quantitative estimate of drug-likeness (QED) is 0.109. The van der Waals surface area contributed by atoms with Crippen LogP contribution in [0.5, 0.6) is 0 Å². The number of aromatic nitrogens is 4. The van der Waals surface area contributed by atoms with E-state index in [1.54, 1.807) is 18.3 Å². The van der Waals surface area contributed by atoms with Crippen LogP contribution < -0.4 is 4.90 Å². The summed E-state index contributed by atoms with van der Waals surface area (Å²) in [5.74, 6) is 1.54. The van der Waals surface area contributed by atoms with E-state index >= 15 is 0 Å². The van der Waals surface area contributed by atoms with E-state index in [1.165, 1.54) is 48.8 Å². The lowest BCUT2D eigenvalue weighted by Crippen LogP contribution is -2.34. The Morgan fingerprint density at radius 2 is 1.54 bits per heavy atom. The Morgan fingerprint density at radius 3 is 2.12 bits per heavy atom. The molecule has 3 heterocycles. The summed E-state index contributed by atoms with van der Waals surface area (Å²) in [5.41, 5.74) is 4.99. The van der Waals surface area contributed by atoms with E-state index in [4.69, 9.17) is 15.0 Å². The molecule has 0 aliphatic carbocycles. The average Bonchev–Trinajstić information content (AvgIpc) is 3.75. The van der Waals surface area contributed by atoms with Crippen molar-refractivity contribution in [1.29, 1.82) is 5.26 Å². The number of thiazole rings is 1. The van der Waals surface area contributed by atoms with Gasteiger partial charge in [-0.1, -0.05) is 138 Å². The van der Waals surface area contributed by atoms with Crippen molar-refractivity contribution in [3.8, 4) is 17.3 Å². The lowest BCUT2D eigenvalue weighted by Gasteiger charge is -2.30. The van der Waals surface area contributed by atoms with Crippen molar-refractivity contribution in [3.05, 3.63) is 88.5 Å². The molecule has 0 N–H and O–H groups in total. The van der Waals surface area contributed by atoms with Crippen LogP contribution in [0, 0.1) is 30.1 Å². The number of nitriles is 1. The second-order valence-corrected chi connectivity index (χ2v) is 14.5. The molecule has 9 heteroatoms. The van der Waals surface area contributed by atoms with Crippen LogP contribution in [0.15, 0.2) is 70.7 Å². The van der Waals surface area contributed by atoms with Crippen LogP contribution in [-0.4, -0.2) is 44.5 Å². The number of allylic oxidation sites excluding steroid dienone is 2. The van der Waals surface area contributed by atoms with Gasteiger partial charge < -0.3 is 4.90 Å². The number of nitrogens with zero attached hydrogens (tertiary/aromatic N) is 7. The summed E-state index contributed by atoms with van der Waals surface area (Å²) >= 11 is 1.59. The van der Waals surface area contributed by atoms with Gasteiger partial charge in [0.25, 0.3) is 5.91 Å². The van der Waals surface area contributed by atoms with Crippen LogP contribution in [0.25, 0.3) is 11.3 Å². The topological polar surface area (TPSA) is 100 Å². The van der Waals surface area contributed by atoms with Gasteiger partial charge >= 0.3 is 0 Å². The van der Waals surface area contributed by atoms with Gasteiger partial charge in [-0.05, 0) is 44.1 Å². The zero-order valence-corrected chi connectivity index (χ0v) is 31.4. The molecule has 0 saturated carbocycles.